The number of hydrogen-bond donors (Lipinski definition) is 0. The van der Waals surface area contributed by atoms with Crippen molar-refractivity contribution >= 4 is 23.0 Å². The van der Waals surface area contributed by atoms with Gasteiger partial charge >= 0.3 is 0 Å². The first kappa shape index (κ1) is 12.0. The molecule has 3 aromatic rings. The lowest BCUT2D eigenvalue weighted by atomic mass is 9.97. The Kier molecular flexibility index (Phi) is 3.44. The van der Waals surface area contributed by atoms with Crippen molar-refractivity contribution in [1.29, 1.82) is 0 Å². The molecule has 0 saturated heterocycles. The quantitative estimate of drug-likeness (QED) is 0.450. The fourth-order valence-corrected chi connectivity index (χ4v) is 3.80. The van der Waals surface area contributed by atoms with E-state index in [9.17, 15) is 0 Å². The molecular formula is C24H25NS. The van der Waals surface area contributed by atoms with E-state index in [1.54, 1.807) is 35.6 Å². The van der Waals surface area contributed by atoms with Crippen LogP contribution in [0.25, 0.3) is 22.9 Å². The van der Waals surface area contributed by atoms with E-state index in [2.05, 4.69) is 32.3 Å². The second kappa shape index (κ2) is 7.43. The Hall–Kier alpha value is -2.45. The van der Waals surface area contributed by atoms with Crippen LogP contribution in [0.15, 0.2) is 49.2 Å². The number of benzene rings is 1. The molecule has 3 rings (SSSR count). The second-order valence-electron chi connectivity index (χ2n) is 6.32. The van der Waals surface area contributed by atoms with Crippen LogP contribution in [0.1, 0.15) is 45.8 Å². The minimum atomic E-state index is -2.30. The molecule has 2 heteroatoms. The monoisotopic (exact) mass is 365 g/mol. The van der Waals surface area contributed by atoms with Gasteiger partial charge in [0.1, 0.15) is 0 Å². The molecule has 132 valence electrons. The summed E-state index contributed by atoms with van der Waals surface area (Å²) in [6.07, 6.45) is 5.15. The molecule has 0 aliphatic rings. The fourth-order valence-electron chi connectivity index (χ4n) is 2.73. The van der Waals surface area contributed by atoms with Crippen molar-refractivity contribution < 1.29 is 8.22 Å². The van der Waals surface area contributed by atoms with Crippen molar-refractivity contribution in [2.24, 2.45) is 0 Å². The van der Waals surface area contributed by atoms with Gasteiger partial charge in [-0.05, 0) is 86.1 Å². The van der Waals surface area contributed by atoms with Gasteiger partial charge in [0, 0.05) is 29.7 Å². The molecule has 26 heavy (non-hydrogen) atoms. The molecule has 0 amide bonds. The molecule has 0 aliphatic carbocycles. The van der Waals surface area contributed by atoms with Crippen LogP contribution in [0, 0.1) is 34.5 Å². The van der Waals surface area contributed by atoms with Crippen molar-refractivity contribution in [3.63, 3.8) is 0 Å². The summed E-state index contributed by atoms with van der Waals surface area (Å²) in [4.78, 5) is 6.65. The summed E-state index contributed by atoms with van der Waals surface area (Å²) >= 11 is 1.70. The van der Waals surface area contributed by atoms with Gasteiger partial charge in [0.15, 0.2) is 0 Å². The normalized spacial score (nSPS) is 15.7. The molecule has 0 unspecified atom stereocenters. The van der Waals surface area contributed by atoms with E-state index in [1.165, 1.54) is 28.3 Å². The summed E-state index contributed by atoms with van der Waals surface area (Å²) < 4.78 is 46.3. The predicted octanol–water partition coefficient (Wildman–Crippen LogP) is 7.08. The van der Waals surface area contributed by atoms with Gasteiger partial charge in [0.25, 0.3) is 0 Å². The number of pyridine rings is 1. The summed E-state index contributed by atoms with van der Waals surface area (Å²) in [5.41, 5.74) is 5.20. The molecule has 0 N–H and O–H groups in total. The van der Waals surface area contributed by atoms with Crippen LogP contribution in [0.2, 0.25) is 0 Å². The smallest absolute Gasteiger partial charge is 0.0702 e. The van der Waals surface area contributed by atoms with Crippen LogP contribution < -0.4 is 0 Å². The Morgan fingerprint density at radius 3 is 2.58 bits per heavy atom. The zero-order chi connectivity index (χ0) is 23.8. The lowest BCUT2D eigenvalue weighted by Crippen LogP contribution is -1.90. The van der Waals surface area contributed by atoms with Gasteiger partial charge in [0.05, 0.1) is 5.69 Å². The van der Waals surface area contributed by atoms with Crippen molar-refractivity contribution in [1.82, 2.24) is 4.98 Å². The summed E-state index contributed by atoms with van der Waals surface area (Å²) in [6, 6.07) is 8.17. The molecule has 0 saturated carbocycles. The summed E-state index contributed by atoms with van der Waals surface area (Å²) in [5.74, 6) is 0. The van der Waals surface area contributed by atoms with E-state index >= 15 is 0 Å². The van der Waals surface area contributed by atoms with Crippen LogP contribution in [0.5, 0.6) is 0 Å². The Bertz CT molecular complexity index is 1180. The maximum absolute atomic E-state index is 7.93. The highest BCUT2D eigenvalue weighted by Crippen LogP contribution is 2.30. The Labute approximate surface area is 169 Å². The van der Waals surface area contributed by atoms with Gasteiger partial charge < -0.3 is 0 Å². The minimum Gasteiger partial charge on any atom is -0.256 e. The maximum atomic E-state index is 7.93. The van der Waals surface area contributed by atoms with Crippen LogP contribution in [-0.2, 0) is 0 Å². The van der Waals surface area contributed by atoms with Crippen LogP contribution >= 0.6 is 11.3 Å². The third-order valence-electron chi connectivity index (χ3n) is 4.58. The van der Waals surface area contributed by atoms with Crippen LogP contribution in [-0.4, -0.2) is 4.98 Å². The maximum Gasteiger partial charge on any atom is 0.0702 e. The van der Waals surface area contributed by atoms with Crippen LogP contribution in [0.3, 0.4) is 0 Å². The lowest BCUT2D eigenvalue weighted by molar-refractivity contribution is 1.27. The van der Waals surface area contributed by atoms with Crippen molar-refractivity contribution in [2.75, 3.05) is 0 Å². The summed E-state index contributed by atoms with van der Waals surface area (Å²) in [6.45, 7) is 5.85. The minimum absolute atomic E-state index is 0.157. The molecule has 2 heterocycles. The number of aryl methyl sites for hydroxylation is 3. The number of allylic oxidation sites excluding steroid dienone is 2. The Morgan fingerprint density at radius 1 is 1.12 bits per heavy atom. The fraction of sp³-hybridized carbons (Fsp3) is 0.208. The third kappa shape index (κ3) is 3.71. The lowest BCUT2D eigenvalue weighted by Gasteiger charge is -2.09. The number of hydrogen-bond acceptors (Lipinski definition) is 2. The number of rotatable bonds is 4. The van der Waals surface area contributed by atoms with E-state index in [0.717, 1.165) is 4.88 Å². The molecule has 0 fully saturated rings. The molecule has 0 spiro atoms. The van der Waals surface area contributed by atoms with Crippen molar-refractivity contribution in [3.05, 3.63) is 86.8 Å². The van der Waals surface area contributed by atoms with E-state index < -0.39 is 13.7 Å². The third-order valence-corrected chi connectivity index (χ3v) is 5.86. The number of nitrogens with zero attached hydrogens (tertiary/aromatic N) is 1. The highest BCUT2D eigenvalue weighted by Gasteiger charge is 2.08. The highest BCUT2D eigenvalue weighted by atomic mass is 32.1. The van der Waals surface area contributed by atoms with Crippen molar-refractivity contribution in [3.8, 4) is 11.3 Å². The average Bonchev–Trinajstić information content (AvgIpc) is 2.97. The molecule has 2 aromatic heterocycles. The van der Waals surface area contributed by atoms with Crippen LogP contribution in [0.4, 0.5) is 0 Å². The average molecular weight is 366 g/mol. The first-order valence-electron chi connectivity index (χ1n) is 11.3. The summed E-state index contributed by atoms with van der Waals surface area (Å²) in [7, 11) is 0. The Morgan fingerprint density at radius 2 is 1.96 bits per heavy atom. The van der Waals surface area contributed by atoms with E-state index in [-0.39, 0.29) is 11.1 Å². The first-order valence-corrected chi connectivity index (χ1v) is 9.16. The predicted molar refractivity (Wildman–Crippen MR) is 116 cm³/mol. The first-order chi connectivity index (χ1) is 14.8. The van der Waals surface area contributed by atoms with Gasteiger partial charge in [-0.3, -0.25) is 4.98 Å². The molecule has 0 bridgehead atoms. The van der Waals surface area contributed by atoms with Gasteiger partial charge in [-0.1, -0.05) is 30.9 Å². The molecule has 1 nitrogen and oxygen atoms in total. The van der Waals surface area contributed by atoms with Gasteiger partial charge in [-0.15, -0.1) is 11.3 Å². The van der Waals surface area contributed by atoms with E-state index in [1.807, 2.05) is 12.2 Å². The van der Waals surface area contributed by atoms with Gasteiger partial charge in [0.2, 0.25) is 0 Å². The second-order valence-corrected chi connectivity index (χ2v) is 7.58. The number of aromatic nitrogens is 1. The zero-order valence-corrected chi connectivity index (χ0v) is 16.0. The topological polar surface area (TPSA) is 12.9 Å². The molecule has 0 atom stereocenters. The Balaban J connectivity index is 2.02. The molecule has 1 aromatic carbocycles. The molecule has 0 aliphatic heterocycles. The van der Waals surface area contributed by atoms with Gasteiger partial charge in [-0.2, -0.15) is 0 Å². The molecular weight excluding hydrogens is 334 g/mol. The zero-order valence-electron chi connectivity index (χ0n) is 21.2. The summed E-state index contributed by atoms with van der Waals surface area (Å²) in [5, 5.41) is 0. The SMILES string of the molecule is [2H]C([2H])([2H])c1ccc(-c2ccc(C([2H])([2H])[2H])c(C(=C)/C=C\c3sc(C)c(C)c3C)c2)nc1. The standard InChI is InChI=1S/C24H25NS/c1-15-7-11-23(25-14-15)21-10-8-16(2)22(13-21)17(3)9-12-24-19(5)18(4)20(6)26-24/h7-14H,3H2,1-2,4-6H3/b12-9-/i1D3,2D3. The number of thiophene rings is 1. The highest BCUT2D eigenvalue weighted by molar-refractivity contribution is 7.13. The van der Waals surface area contributed by atoms with Gasteiger partial charge in [-0.25, -0.2) is 0 Å². The van der Waals surface area contributed by atoms with Crippen molar-refractivity contribution in [2.45, 2.75) is 34.5 Å². The largest absolute Gasteiger partial charge is 0.256 e. The van der Waals surface area contributed by atoms with E-state index in [0.29, 0.717) is 22.4 Å². The molecule has 0 radical (unpaired) electrons. The van der Waals surface area contributed by atoms with E-state index in [4.69, 9.17) is 8.22 Å².